The Balaban J connectivity index is 3.22. The van der Waals surface area contributed by atoms with Crippen LogP contribution in [0.4, 0.5) is 0 Å². The van der Waals surface area contributed by atoms with Gasteiger partial charge in [0, 0.05) is 5.71 Å². The molecule has 0 aliphatic carbocycles. The molecular formula is C4H9NS. The number of rotatable bonds is 1. The smallest absolute Gasteiger partial charge is 0.0225 e. The number of thiol groups is 1. The Hall–Kier alpha value is 0.0200. The first-order valence-electron chi connectivity index (χ1n) is 1.98. The minimum Gasteiger partial charge on any atom is -0.229 e. The van der Waals surface area contributed by atoms with Crippen molar-refractivity contribution in [2.45, 2.75) is 20.3 Å². The van der Waals surface area contributed by atoms with E-state index in [0.29, 0.717) is 0 Å². The Morgan fingerprint density at radius 2 is 2.33 bits per heavy atom. The van der Waals surface area contributed by atoms with E-state index in [1.807, 2.05) is 6.92 Å². The summed E-state index contributed by atoms with van der Waals surface area (Å²) in [6.07, 6.45) is 1.00. The normalized spacial score (nSPS) is 12.2. The van der Waals surface area contributed by atoms with Gasteiger partial charge < -0.3 is 0 Å². The van der Waals surface area contributed by atoms with E-state index in [2.05, 4.69) is 24.1 Å². The fourth-order valence-corrected chi connectivity index (χ4v) is 0.212. The van der Waals surface area contributed by atoms with Crippen molar-refractivity contribution in [2.24, 2.45) is 4.40 Å². The monoisotopic (exact) mass is 103 g/mol. The lowest BCUT2D eigenvalue weighted by Gasteiger charge is -1.82. The molecule has 0 aliphatic heterocycles. The lowest BCUT2D eigenvalue weighted by atomic mass is 10.3. The second kappa shape index (κ2) is 3.22. The first-order valence-corrected chi connectivity index (χ1v) is 2.38. The Labute approximate surface area is 44.0 Å². The lowest BCUT2D eigenvalue weighted by molar-refractivity contribution is 1.28. The number of nitrogens with zero attached hydrogens (tertiary/aromatic N) is 1. The third-order valence-corrected chi connectivity index (χ3v) is 1.02. The Bertz CT molecular complexity index is 58.6. The standard InChI is InChI=1S/C4H9NS/c1-3-4(2)5-6/h6H,3H2,1-2H3. The van der Waals surface area contributed by atoms with Crippen LogP contribution in [0.5, 0.6) is 0 Å². The minimum atomic E-state index is 1.00. The molecular weight excluding hydrogens is 94.1 g/mol. The van der Waals surface area contributed by atoms with Crippen LogP contribution in [0.3, 0.4) is 0 Å². The third kappa shape index (κ3) is 2.27. The zero-order valence-corrected chi connectivity index (χ0v) is 5.00. The molecule has 0 aromatic heterocycles. The van der Waals surface area contributed by atoms with Gasteiger partial charge in [-0.1, -0.05) is 6.92 Å². The van der Waals surface area contributed by atoms with Crippen LogP contribution in [0, 0.1) is 0 Å². The molecule has 0 heterocycles. The first kappa shape index (κ1) is 6.02. The van der Waals surface area contributed by atoms with Crippen molar-refractivity contribution < 1.29 is 0 Å². The van der Waals surface area contributed by atoms with Gasteiger partial charge in [-0.05, 0) is 26.2 Å². The van der Waals surface area contributed by atoms with E-state index in [9.17, 15) is 0 Å². The van der Waals surface area contributed by atoms with E-state index in [1.165, 1.54) is 0 Å². The summed E-state index contributed by atoms with van der Waals surface area (Å²) in [5.74, 6) is 0. The highest BCUT2D eigenvalue weighted by atomic mass is 32.1. The molecule has 0 fully saturated rings. The van der Waals surface area contributed by atoms with Crippen molar-refractivity contribution in [3.05, 3.63) is 0 Å². The van der Waals surface area contributed by atoms with Crippen molar-refractivity contribution in [1.82, 2.24) is 0 Å². The number of hydrogen-bond acceptors (Lipinski definition) is 2. The lowest BCUT2D eigenvalue weighted by Crippen LogP contribution is -1.80. The van der Waals surface area contributed by atoms with Gasteiger partial charge in [0.15, 0.2) is 0 Å². The summed E-state index contributed by atoms with van der Waals surface area (Å²) in [7, 11) is 0. The van der Waals surface area contributed by atoms with E-state index in [0.717, 1.165) is 12.1 Å². The molecule has 0 rings (SSSR count). The Morgan fingerprint density at radius 3 is 2.33 bits per heavy atom. The summed E-state index contributed by atoms with van der Waals surface area (Å²) in [4.78, 5) is 0. The fraction of sp³-hybridized carbons (Fsp3) is 0.750. The average molecular weight is 103 g/mol. The van der Waals surface area contributed by atoms with Crippen molar-refractivity contribution in [3.8, 4) is 0 Å². The summed E-state index contributed by atoms with van der Waals surface area (Å²) in [5, 5.41) is 0. The molecule has 0 aromatic carbocycles. The van der Waals surface area contributed by atoms with E-state index in [1.54, 1.807) is 0 Å². The SMILES string of the molecule is CCC(C)=NS. The fourth-order valence-electron chi connectivity index (χ4n) is 0.0707. The summed E-state index contributed by atoms with van der Waals surface area (Å²) >= 11 is 3.68. The molecule has 6 heavy (non-hydrogen) atoms. The maximum absolute atomic E-state index is 3.68. The van der Waals surface area contributed by atoms with E-state index in [-0.39, 0.29) is 0 Å². The quantitative estimate of drug-likeness (QED) is 0.383. The van der Waals surface area contributed by atoms with Crippen LogP contribution in [-0.4, -0.2) is 5.71 Å². The highest BCUT2D eigenvalue weighted by Crippen LogP contribution is 1.84. The largest absolute Gasteiger partial charge is 0.229 e. The Kier molecular flexibility index (Phi) is 3.23. The van der Waals surface area contributed by atoms with Gasteiger partial charge in [0.1, 0.15) is 0 Å². The molecule has 0 saturated heterocycles. The van der Waals surface area contributed by atoms with Crippen LogP contribution in [-0.2, 0) is 0 Å². The van der Waals surface area contributed by atoms with Gasteiger partial charge >= 0.3 is 0 Å². The highest BCUT2D eigenvalue weighted by molar-refractivity contribution is 7.79. The third-order valence-electron chi connectivity index (χ3n) is 0.682. The molecule has 0 aliphatic rings. The van der Waals surface area contributed by atoms with Crippen molar-refractivity contribution in [2.75, 3.05) is 0 Å². The molecule has 0 radical (unpaired) electrons. The molecule has 0 unspecified atom stereocenters. The predicted octanol–water partition coefficient (Wildman–Crippen LogP) is 1.70. The number of hydrogen-bond donors (Lipinski definition) is 1. The van der Waals surface area contributed by atoms with E-state index < -0.39 is 0 Å². The molecule has 0 spiro atoms. The molecule has 1 nitrogen and oxygen atoms in total. The maximum Gasteiger partial charge on any atom is 0.0225 e. The summed E-state index contributed by atoms with van der Waals surface area (Å²) in [5.41, 5.74) is 1.08. The van der Waals surface area contributed by atoms with Crippen LogP contribution in [0.15, 0.2) is 4.40 Å². The maximum atomic E-state index is 3.68. The predicted molar refractivity (Wildman–Crippen MR) is 32.4 cm³/mol. The molecule has 0 atom stereocenters. The average Bonchev–Trinajstić information content (AvgIpc) is 1.65. The summed E-state index contributed by atoms with van der Waals surface area (Å²) in [6, 6.07) is 0. The molecule has 36 valence electrons. The van der Waals surface area contributed by atoms with Crippen LogP contribution < -0.4 is 0 Å². The summed E-state index contributed by atoms with van der Waals surface area (Å²) < 4.78 is 3.62. The zero-order valence-electron chi connectivity index (χ0n) is 4.10. The van der Waals surface area contributed by atoms with E-state index >= 15 is 0 Å². The van der Waals surface area contributed by atoms with Gasteiger partial charge in [-0.15, -0.1) is 0 Å². The molecule has 2 heteroatoms. The second-order valence-electron chi connectivity index (χ2n) is 1.19. The minimum absolute atomic E-state index is 1.00. The first-order chi connectivity index (χ1) is 2.81. The van der Waals surface area contributed by atoms with Crippen molar-refractivity contribution >= 4 is 18.5 Å². The van der Waals surface area contributed by atoms with Gasteiger partial charge in [-0.2, -0.15) is 0 Å². The van der Waals surface area contributed by atoms with Gasteiger partial charge in [0.25, 0.3) is 0 Å². The molecule has 0 amide bonds. The van der Waals surface area contributed by atoms with Crippen LogP contribution in [0.2, 0.25) is 0 Å². The van der Waals surface area contributed by atoms with Crippen LogP contribution in [0.25, 0.3) is 0 Å². The van der Waals surface area contributed by atoms with Gasteiger partial charge in [0.05, 0.1) is 0 Å². The van der Waals surface area contributed by atoms with Gasteiger partial charge in [0.2, 0.25) is 0 Å². The molecule has 0 aromatic rings. The van der Waals surface area contributed by atoms with Gasteiger partial charge in [-0.3, -0.25) is 0 Å². The molecule has 0 N–H and O–H groups in total. The second-order valence-corrected chi connectivity index (χ2v) is 1.39. The van der Waals surface area contributed by atoms with E-state index in [4.69, 9.17) is 0 Å². The van der Waals surface area contributed by atoms with Crippen LogP contribution in [0.1, 0.15) is 20.3 Å². The zero-order chi connectivity index (χ0) is 4.99. The Morgan fingerprint density at radius 1 is 1.83 bits per heavy atom. The van der Waals surface area contributed by atoms with Crippen LogP contribution >= 0.6 is 12.8 Å². The van der Waals surface area contributed by atoms with Crippen molar-refractivity contribution in [1.29, 1.82) is 0 Å². The van der Waals surface area contributed by atoms with Crippen molar-refractivity contribution in [3.63, 3.8) is 0 Å². The highest BCUT2D eigenvalue weighted by Gasteiger charge is 1.76. The molecule has 0 bridgehead atoms. The molecule has 0 saturated carbocycles. The summed E-state index contributed by atoms with van der Waals surface area (Å²) in [6.45, 7) is 4.00. The van der Waals surface area contributed by atoms with Gasteiger partial charge in [-0.25, -0.2) is 4.40 Å². The topological polar surface area (TPSA) is 12.4 Å².